The number of carbonyl (C=O) groups is 1. The molecule has 19 heavy (non-hydrogen) atoms. The number of benzene rings is 1. The summed E-state index contributed by atoms with van der Waals surface area (Å²) < 4.78 is 6.53. The van der Waals surface area contributed by atoms with Crippen molar-refractivity contribution in [3.63, 3.8) is 0 Å². The van der Waals surface area contributed by atoms with Crippen LogP contribution in [0.4, 0.5) is 0 Å². The fourth-order valence-corrected chi connectivity index (χ4v) is 2.17. The first-order valence-corrected chi connectivity index (χ1v) is 6.41. The summed E-state index contributed by atoms with van der Waals surface area (Å²) in [7, 11) is 0. The Morgan fingerprint density at radius 1 is 1.32 bits per heavy atom. The average molecular weight is 322 g/mol. The van der Waals surface area contributed by atoms with Crippen molar-refractivity contribution >= 4 is 21.9 Å². The van der Waals surface area contributed by atoms with E-state index in [0.717, 1.165) is 4.47 Å². The zero-order chi connectivity index (χ0) is 14.0. The molecule has 0 aliphatic rings. The van der Waals surface area contributed by atoms with E-state index in [1.165, 1.54) is 0 Å². The van der Waals surface area contributed by atoms with E-state index in [-0.39, 0.29) is 5.56 Å². The van der Waals surface area contributed by atoms with Crippen LogP contribution in [0.2, 0.25) is 0 Å². The maximum Gasteiger partial charge on any atom is 0.341 e. The summed E-state index contributed by atoms with van der Waals surface area (Å²) in [6.45, 7) is 3.45. The van der Waals surface area contributed by atoms with Crippen LogP contribution in [0.25, 0.3) is 0 Å². The second-order valence-electron chi connectivity index (χ2n) is 4.09. The van der Waals surface area contributed by atoms with E-state index in [0.29, 0.717) is 22.9 Å². The molecule has 0 saturated heterocycles. The van der Waals surface area contributed by atoms with Crippen LogP contribution in [0.1, 0.15) is 21.7 Å². The Bertz CT molecular complexity index is 641. The summed E-state index contributed by atoms with van der Waals surface area (Å²) in [5.74, 6) is -0.174. The molecule has 0 atom stereocenters. The van der Waals surface area contributed by atoms with Gasteiger partial charge in [0.1, 0.15) is 17.1 Å². The number of nitrogens with zero attached hydrogens (tertiary/aromatic N) is 1. The van der Waals surface area contributed by atoms with Gasteiger partial charge >= 0.3 is 5.97 Å². The van der Waals surface area contributed by atoms with E-state index in [1.54, 1.807) is 32.0 Å². The van der Waals surface area contributed by atoms with Crippen molar-refractivity contribution in [3.8, 4) is 11.5 Å². The van der Waals surface area contributed by atoms with Gasteiger partial charge in [-0.2, -0.15) is 0 Å². The number of aromatic nitrogens is 1. The van der Waals surface area contributed by atoms with E-state index in [9.17, 15) is 9.90 Å². The SMILES string of the molecule is Cc1cc(Oc2cccc(Br)c2)c(C(=O)O)c(C)n1. The molecule has 0 radical (unpaired) electrons. The van der Waals surface area contributed by atoms with Crippen molar-refractivity contribution in [2.24, 2.45) is 0 Å². The van der Waals surface area contributed by atoms with Crippen molar-refractivity contribution < 1.29 is 14.6 Å². The second kappa shape index (κ2) is 5.40. The van der Waals surface area contributed by atoms with Crippen molar-refractivity contribution in [2.75, 3.05) is 0 Å². The molecule has 0 amide bonds. The van der Waals surface area contributed by atoms with Gasteiger partial charge in [0.2, 0.25) is 0 Å². The molecule has 0 saturated carbocycles. The predicted molar refractivity (Wildman–Crippen MR) is 74.9 cm³/mol. The number of aryl methyl sites for hydroxylation is 2. The Labute approximate surface area is 119 Å². The molecular formula is C14H12BrNO3. The molecule has 1 N–H and O–H groups in total. The second-order valence-corrected chi connectivity index (χ2v) is 5.00. The van der Waals surface area contributed by atoms with Crippen LogP contribution in [0.5, 0.6) is 11.5 Å². The van der Waals surface area contributed by atoms with Gasteiger partial charge in [0.15, 0.2) is 0 Å². The number of aromatic carboxylic acids is 1. The molecule has 2 aromatic rings. The lowest BCUT2D eigenvalue weighted by atomic mass is 10.1. The van der Waals surface area contributed by atoms with Gasteiger partial charge in [0.25, 0.3) is 0 Å². The Kier molecular flexibility index (Phi) is 3.85. The topological polar surface area (TPSA) is 59.4 Å². The first-order chi connectivity index (χ1) is 8.97. The number of carboxylic acid groups (broad SMARTS) is 1. The van der Waals surface area contributed by atoms with Crippen molar-refractivity contribution in [1.29, 1.82) is 0 Å². The highest BCUT2D eigenvalue weighted by atomic mass is 79.9. The minimum absolute atomic E-state index is 0.0885. The molecule has 0 aliphatic carbocycles. The predicted octanol–water partition coefficient (Wildman–Crippen LogP) is 3.95. The van der Waals surface area contributed by atoms with Crippen molar-refractivity contribution in [1.82, 2.24) is 4.98 Å². The number of hydrogen-bond donors (Lipinski definition) is 1. The molecular weight excluding hydrogens is 310 g/mol. The van der Waals surface area contributed by atoms with E-state index >= 15 is 0 Å². The maximum absolute atomic E-state index is 11.3. The van der Waals surface area contributed by atoms with E-state index in [2.05, 4.69) is 20.9 Å². The Balaban J connectivity index is 2.47. The van der Waals surface area contributed by atoms with Crippen LogP contribution in [-0.4, -0.2) is 16.1 Å². The van der Waals surface area contributed by atoms with E-state index in [4.69, 9.17) is 4.74 Å². The molecule has 0 fully saturated rings. The van der Waals surface area contributed by atoms with Crippen LogP contribution in [0, 0.1) is 13.8 Å². The zero-order valence-corrected chi connectivity index (χ0v) is 12.1. The monoisotopic (exact) mass is 321 g/mol. The summed E-state index contributed by atoms with van der Waals surface area (Å²) in [5.41, 5.74) is 1.25. The Morgan fingerprint density at radius 2 is 2.05 bits per heavy atom. The van der Waals surface area contributed by atoms with Gasteiger partial charge in [-0.05, 0) is 32.0 Å². The smallest absolute Gasteiger partial charge is 0.341 e. The van der Waals surface area contributed by atoms with Gasteiger partial charge < -0.3 is 9.84 Å². The summed E-state index contributed by atoms with van der Waals surface area (Å²) >= 11 is 3.34. The standard InChI is InChI=1S/C14H12BrNO3/c1-8-6-12(13(14(17)18)9(2)16-8)19-11-5-3-4-10(15)7-11/h3-7H,1-2H3,(H,17,18). The van der Waals surface area contributed by atoms with Gasteiger partial charge in [0, 0.05) is 16.2 Å². The Hall–Kier alpha value is -1.88. The van der Waals surface area contributed by atoms with Crippen LogP contribution < -0.4 is 4.74 Å². The lowest BCUT2D eigenvalue weighted by Crippen LogP contribution is -2.06. The molecule has 1 aromatic heterocycles. The first kappa shape index (κ1) is 13.5. The third-order valence-electron chi connectivity index (χ3n) is 2.53. The molecule has 0 spiro atoms. The minimum atomic E-state index is -1.05. The third kappa shape index (κ3) is 3.12. The molecule has 98 valence electrons. The average Bonchev–Trinajstić information content (AvgIpc) is 2.26. The number of pyridine rings is 1. The highest BCUT2D eigenvalue weighted by Crippen LogP contribution is 2.29. The number of carboxylic acids is 1. The van der Waals surface area contributed by atoms with Crippen molar-refractivity contribution in [2.45, 2.75) is 13.8 Å². The molecule has 5 heteroatoms. The summed E-state index contributed by atoms with van der Waals surface area (Å²) in [4.78, 5) is 15.4. The molecule has 4 nitrogen and oxygen atoms in total. The lowest BCUT2D eigenvalue weighted by Gasteiger charge is -2.11. The maximum atomic E-state index is 11.3. The molecule has 1 heterocycles. The largest absolute Gasteiger partial charge is 0.477 e. The first-order valence-electron chi connectivity index (χ1n) is 5.62. The molecule has 1 aromatic carbocycles. The summed E-state index contributed by atoms with van der Waals surface area (Å²) in [5, 5.41) is 9.24. The van der Waals surface area contributed by atoms with E-state index in [1.807, 2.05) is 12.1 Å². The van der Waals surface area contributed by atoms with Crippen molar-refractivity contribution in [3.05, 3.63) is 51.8 Å². The fraction of sp³-hybridized carbons (Fsp3) is 0.143. The van der Waals surface area contributed by atoms with Crippen LogP contribution in [-0.2, 0) is 0 Å². The van der Waals surface area contributed by atoms with Gasteiger partial charge in [-0.15, -0.1) is 0 Å². The van der Waals surface area contributed by atoms with Gasteiger partial charge in [-0.1, -0.05) is 22.0 Å². The Morgan fingerprint density at radius 3 is 2.68 bits per heavy atom. The summed E-state index contributed by atoms with van der Waals surface area (Å²) in [6.07, 6.45) is 0. The van der Waals surface area contributed by atoms with Crippen LogP contribution >= 0.6 is 15.9 Å². The number of rotatable bonds is 3. The van der Waals surface area contributed by atoms with Crippen LogP contribution in [0.3, 0.4) is 0 Å². The lowest BCUT2D eigenvalue weighted by molar-refractivity contribution is 0.0693. The molecule has 2 rings (SSSR count). The number of halogens is 1. The molecule has 0 unspecified atom stereocenters. The van der Waals surface area contributed by atoms with Gasteiger partial charge in [0.05, 0.1) is 5.69 Å². The third-order valence-corrected chi connectivity index (χ3v) is 3.02. The zero-order valence-electron chi connectivity index (χ0n) is 10.5. The molecule has 0 bridgehead atoms. The molecule has 0 aliphatic heterocycles. The number of hydrogen-bond acceptors (Lipinski definition) is 3. The number of ether oxygens (including phenoxy) is 1. The quantitative estimate of drug-likeness (QED) is 0.929. The fourth-order valence-electron chi connectivity index (χ4n) is 1.79. The van der Waals surface area contributed by atoms with Crippen LogP contribution in [0.15, 0.2) is 34.8 Å². The highest BCUT2D eigenvalue weighted by molar-refractivity contribution is 9.10. The van der Waals surface area contributed by atoms with Gasteiger partial charge in [-0.25, -0.2) is 4.79 Å². The minimum Gasteiger partial charge on any atom is -0.477 e. The normalized spacial score (nSPS) is 10.3. The van der Waals surface area contributed by atoms with Gasteiger partial charge in [-0.3, -0.25) is 4.98 Å². The summed E-state index contributed by atoms with van der Waals surface area (Å²) in [6, 6.07) is 8.85. The highest BCUT2D eigenvalue weighted by Gasteiger charge is 2.17. The van der Waals surface area contributed by atoms with E-state index < -0.39 is 5.97 Å².